The SMILES string of the molecule is CCc1ccccc1N1CC2CCCN2CC1C. The minimum absolute atomic E-state index is 0.645. The van der Waals surface area contributed by atoms with E-state index in [1.54, 1.807) is 0 Å². The fourth-order valence-corrected chi connectivity index (χ4v) is 3.61. The van der Waals surface area contributed by atoms with Crippen LogP contribution in [0.25, 0.3) is 0 Å². The summed E-state index contributed by atoms with van der Waals surface area (Å²) in [5, 5.41) is 0. The van der Waals surface area contributed by atoms with Crippen LogP contribution in [0, 0.1) is 0 Å². The van der Waals surface area contributed by atoms with E-state index in [1.165, 1.54) is 43.7 Å². The van der Waals surface area contributed by atoms with Crippen LogP contribution in [0.5, 0.6) is 0 Å². The maximum atomic E-state index is 2.69. The van der Waals surface area contributed by atoms with Crippen molar-refractivity contribution in [2.24, 2.45) is 0 Å². The van der Waals surface area contributed by atoms with Crippen molar-refractivity contribution < 1.29 is 0 Å². The Bertz CT molecular complexity index is 415. The van der Waals surface area contributed by atoms with Gasteiger partial charge in [0, 0.05) is 30.9 Å². The predicted molar refractivity (Wildman–Crippen MR) is 77.2 cm³/mol. The van der Waals surface area contributed by atoms with Gasteiger partial charge in [-0.25, -0.2) is 0 Å². The molecule has 2 heteroatoms. The molecule has 0 spiro atoms. The highest BCUT2D eigenvalue weighted by Crippen LogP contribution is 2.30. The van der Waals surface area contributed by atoms with Crippen LogP contribution in [0.4, 0.5) is 5.69 Å². The van der Waals surface area contributed by atoms with Crippen LogP contribution in [0.15, 0.2) is 24.3 Å². The normalized spacial score (nSPS) is 28.4. The van der Waals surface area contributed by atoms with E-state index in [9.17, 15) is 0 Å². The topological polar surface area (TPSA) is 6.48 Å². The van der Waals surface area contributed by atoms with E-state index < -0.39 is 0 Å². The minimum Gasteiger partial charge on any atom is -0.366 e. The van der Waals surface area contributed by atoms with Gasteiger partial charge in [-0.1, -0.05) is 25.1 Å². The maximum absolute atomic E-state index is 2.69. The van der Waals surface area contributed by atoms with Gasteiger partial charge in [-0.05, 0) is 44.4 Å². The maximum Gasteiger partial charge on any atom is 0.0402 e. The molecule has 0 radical (unpaired) electrons. The Labute approximate surface area is 111 Å². The summed E-state index contributed by atoms with van der Waals surface area (Å²) >= 11 is 0. The molecule has 2 atom stereocenters. The first-order valence-corrected chi connectivity index (χ1v) is 7.38. The number of aryl methyl sites for hydroxylation is 1. The van der Waals surface area contributed by atoms with Crippen LogP contribution in [0.1, 0.15) is 32.3 Å². The van der Waals surface area contributed by atoms with Crippen molar-refractivity contribution in [3.63, 3.8) is 0 Å². The van der Waals surface area contributed by atoms with Crippen LogP contribution >= 0.6 is 0 Å². The second kappa shape index (κ2) is 4.93. The van der Waals surface area contributed by atoms with Crippen molar-refractivity contribution >= 4 is 5.69 Å². The average Bonchev–Trinajstić information content (AvgIpc) is 2.84. The molecule has 1 aromatic carbocycles. The van der Waals surface area contributed by atoms with E-state index in [-0.39, 0.29) is 0 Å². The molecule has 2 saturated heterocycles. The largest absolute Gasteiger partial charge is 0.366 e. The van der Waals surface area contributed by atoms with Gasteiger partial charge in [-0.15, -0.1) is 0 Å². The van der Waals surface area contributed by atoms with E-state index in [0.29, 0.717) is 6.04 Å². The number of fused-ring (bicyclic) bond motifs is 1. The van der Waals surface area contributed by atoms with E-state index >= 15 is 0 Å². The quantitative estimate of drug-likeness (QED) is 0.789. The summed E-state index contributed by atoms with van der Waals surface area (Å²) in [6, 6.07) is 10.4. The molecule has 2 unspecified atom stereocenters. The van der Waals surface area contributed by atoms with Gasteiger partial charge in [0.15, 0.2) is 0 Å². The number of rotatable bonds is 2. The molecule has 0 amide bonds. The summed E-state index contributed by atoms with van der Waals surface area (Å²) in [6.45, 7) is 8.41. The van der Waals surface area contributed by atoms with Gasteiger partial charge in [0.1, 0.15) is 0 Å². The Hall–Kier alpha value is -1.02. The molecular formula is C16H24N2. The molecule has 1 aromatic rings. The number of piperazine rings is 1. The number of para-hydroxylation sites is 1. The van der Waals surface area contributed by atoms with Gasteiger partial charge in [-0.3, -0.25) is 4.90 Å². The molecule has 2 aliphatic heterocycles. The third kappa shape index (κ3) is 2.03. The van der Waals surface area contributed by atoms with E-state index in [4.69, 9.17) is 0 Å². The fourth-order valence-electron chi connectivity index (χ4n) is 3.61. The van der Waals surface area contributed by atoms with Crippen LogP contribution in [0.3, 0.4) is 0 Å². The average molecular weight is 244 g/mol. The van der Waals surface area contributed by atoms with E-state index in [1.807, 2.05) is 0 Å². The summed E-state index contributed by atoms with van der Waals surface area (Å²) in [4.78, 5) is 5.33. The lowest BCUT2D eigenvalue weighted by atomic mass is 10.0. The molecule has 2 fully saturated rings. The molecule has 3 rings (SSSR count). The molecular weight excluding hydrogens is 220 g/mol. The lowest BCUT2D eigenvalue weighted by Crippen LogP contribution is -2.55. The molecule has 2 aliphatic rings. The summed E-state index contributed by atoms with van der Waals surface area (Å²) in [5.74, 6) is 0. The highest BCUT2D eigenvalue weighted by molar-refractivity contribution is 5.55. The highest BCUT2D eigenvalue weighted by Gasteiger charge is 2.34. The Morgan fingerprint density at radius 2 is 2.06 bits per heavy atom. The molecule has 0 aliphatic carbocycles. The number of hydrogen-bond acceptors (Lipinski definition) is 2. The van der Waals surface area contributed by atoms with Crippen molar-refractivity contribution in [1.29, 1.82) is 0 Å². The van der Waals surface area contributed by atoms with Crippen LogP contribution in [-0.2, 0) is 6.42 Å². The van der Waals surface area contributed by atoms with E-state index in [2.05, 4.69) is 47.9 Å². The number of anilines is 1. The minimum atomic E-state index is 0.645. The van der Waals surface area contributed by atoms with Crippen LogP contribution in [-0.4, -0.2) is 36.6 Å². The Kier molecular flexibility index (Phi) is 3.29. The summed E-state index contributed by atoms with van der Waals surface area (Å²) in [6.07, 6.45) is 3.91. The van der Waals surface area contributed by atoms with Crippen LogP contribution in [0.2, 0.25) is 0 Å². The summed E-state index contributed by atoms with van der Waals surface area (Å²) < 4.78 is 0. The lowest BCUT2D eigenvalue weighted by Gasteiger charge is -2.44. The molecule has 0 saturated carbocycles. The first-order valence-electron chi connectivity index (χ1n) is 7.38. The fraction of sp³-hybridized carbons (Fsp3) is 0.625. The molecule has 0 bridgehead atoms. The molecule has 2 nitrogen and oxygen atoms in total. The molecule has 2 heterocycles. The van der Waals surface area contributed by atoms with E-state index in [0.717, 1.165) is 12.5 Å². The van der Waals surface area contributed by atoms with Crippen molar-refractivity contribution in [1.82, 2.24) is 4.90 Å². The molecule has 18 heavy (non-hydrogen) atoms. The van der Waals surface area contributed by atoms with Gasteiger partial charge in [0.05, 0.1) is 0 Å². The van der Waals surface area contributed by atoms with Crippen molar-refractivity contribution in [3.05, 3.63) is 29.8 Å². The second-order valence-corrected chi connectivity index (χ2v) is 5.77. The standard InChI is InChI=1S/C16H24N2/c1-3-14-7-4-5-9-16(14)18-12-15-8-6-10-17(15)11-13(18)2/h4-5,7,9,13,15H,3,6,8,10-12H2,1-2H3. The molecule has 0 aromatic heterocycles. The van der Waals surface area contributed by atoms with Crippen molar-refractivity contribution in [3.8, 4) is 0 Å². The highest BCUT2D eigenvalue weighted by atomic mass is 15.3. The van der Waals surface area contributed by atoms with Gasteiger partial charge < -0.3 is 4.90 Å². The second-order valence-electron chi connectivity index (χ2n) is 5.77. The van der Waals surface area contributed by atoms with Gasteiger partial charge in [0.25, 0.3) is 0 Å². The smallest absolute Gasteiger partial charge is 0.0402 e. The summed E-state index contributed by atoms with van der Waals surface area (Å²) in [5.41, 5.74) is 2.97. The number of hydrogen-bond donors (Lipinski definition) is 0. The third-order valence-electron chi connectivity index (χ3n) is 4.62. The Balaban J connectivity index is 1.86. The monoisotopic (exact) mass is 244 g/mol. The number of benzene rings is 1. The van der Waals surface area contributed by atoms with Gasteiger partial charge in [-0.2, -0.15) is 0 Å². The lowest BCUT2D eigenvalue weighted by molar-refractivity contribution is 0.203. The zero-order valence-electron chi connectivity index (χ0n) is 11.6. The van der Waals surface area contributed by atoms with Crippen LogP contribution < -0.4 is 4.90 Å². The molecule has 98 valence electrons. The Morgan fingerprint density at radius 1 is 1.22 bits per heavy atom. The van der Waals surface area contributed by atoms with Crippen molar-refractivity contribution in [2.75, 3.05) is 24.5 Å². The first kappa shape index (κ1) is 12.0. The predicted octanol–water partition coefficient (Wildman–Crippen LogP) is 2.92. The third-order valence-corrected chi connectivity index (χ3v) is 4.62. The van der Waals surface area contributed by atoms with Crippen molar-refractivity contribution in [2.45, 2.75) is 45.2 Å². The van der Waals surface area contributed by atoms with Gasteiger partial charge in [0.2, 0.25) is 0 Å². The number of nitrogens with zero attached hydrogens (tertiary/aromatic N) is 2. The zero-order chi connectivity index (χ0) is 12.5. The zero-order valence-corrected chi connectivity index (χ0v) is 11.6. The summed E-state index contributed by atoms with van der Waals surface area (Å²) in [7, 11) is 0. The Morgan fingerprint density at radius 3 is 2.89 bits per heavy atom. The first-order chi connectivity index (χ1) is 8.79. The van der Waals surface area contributed by atoms with Gasteiger partial charge >= 0.3 is 0 Å². The molecule has 0 N–H and O–H groups in total.